The van der Waals surface area contributed by atoms with Crippen LogP contribution in [0, 0.1) is 0 Å². The maximum atomic E-state index is 12.5. The van der Waals surface area contributed by atoms with Crippen molar-refractivity contribution >= 4 is 18.0 Å². The van der Waals surface area contributed by atoms with Crippen LogP contribution >= 0.6 is 0 Å². The van der Waals surface area contributed by atoms with E-state index in [2.05, 4.69) is 11.9 Å². The third-order valence-electron chi connectivity index (χ3n) is 5.90. The Hall–Kier alpha value is -4.39. The standard InChI is InChI=1S/C28H25NO6/c1-2-15-34-27(32)19-13-11-18(12-14-19)16-25(26(30)31)29-28(33)35-17-24-22-9-5-3-7-20(22)21-8-4-6-10-23(21)24/h2-14,24-25H,1,15-17H2,(H,29,33)(H,30,31)/t25-/m1/s1. The van der Waals surface area contributed by atoms with Gasteiger partial charge in [-0.25, -0.2) is 14.4 Å². The first-order valence-electron chi connectivity index (χ1n) is 11.2. The zero-order valence-electron chi connectivity index (χ0n) is 19.0. The second kappa shape index (κ2) is 10.7. The number of carboxylic acid groups (broad SMARTS) is 1. The molecule has 1 aliphatic carbocycles. The summed E-state index contributed by atoms with van der Waals surface area (Å²) in [6.07, 6.45) is 0.698. The second-order valence-electron chi connectivity index (χ2n) is 8.15. The van der Waals surface area contributed by atoms with E-state index in [0.717, 1.165) is 22.3 Å². The molecule has 0 radical (unpaired) electrons. The van der Waals surface area contributed by atoms with E-state index in [4.69, 9.17) is 9.47 Å². The number of esters is 1. The summed E-state index contributed by atoms with van der Waals surface area (Å²) in [5.41, 5.74) is 5.34. The normalized spacial score (nSPS) is 12.7. The molecule has 35 heavy (non-hydrogen) atoms. The molecule has 0 saturated carbocycles. The summed E-state index contributed by atoms with van der Waals surface area (Å²) in [7, 11) is 0. The van der Waals surface area contributed by atoms with Crippen molar-refractivity contribution in [2.75, 3.05) is 13.2 Å². The van der Waals surface area contributed by atoms with Crippen molar-refractivity contribution in [3.8, 4) is 11.1 Å². The predicted octanol–water partition coefficient (Wildman–Crippen LogP) is 4.56. The van der Waals surface area contributed by atoms with Crippen LogP contribution in [-0.2, 0) is 20.7 Å². The third-order valence-corrected chi connectivity index (χ3v) is 5.90. The number of carbonyl (C=O) groups excluding carboxylic acids is 2. The highest BCUT2D eigenvalue weighted by Gasteiger charge is 2.29. The third kappa shape index (κ3) is 5.41. The maximum Gasteiger partial charge on any atom is 0.407 e. The number of fused-ring (bicyclic) bond motifs is 3. The van der Waals surface area contributed by atoms with Crippen molar-refractivity contribution in [1.82, 2.24) is 5.32 Å². The Labute approximate surface area is 203 Å². The average molecular weight is 472 g/mol. The monoisotopic (exact) mass is 471 g/mol. The van der Waals surface area contributed by atoms with Crippen LogP contribution in [0.3, 0.4) is 0 Å². The van der Waals surface area contributed by atoms with Gasteiger partial charge in [0.25, 0.3) is 0 Å². The van der Waals surface area contributed by atoms with Crippen LogP contribution in [0.5, 0.6) is 0 Å². The fourth-order valence-corrected chi connectivity index (χ4v) is 4.21. The molecule has 1 aliphatic rings. The molecule has 4 rings (SSSR count). The first-order valence-corrected chi connectivity index (χ1v) is 11.2. The fraction of sp³-hybridized carbons (Fsp3) is 0.179. The minimum absolute atomic E-state index is 0.0293. The van der Waals surface area contributed by atoms with Crippen molar-refractivity contribution in [3.05, 3.63) is 108 Å². The van der Waals surface area contributed by atoms with E-state index in [1.54, 1.807) is 24.3 Å². The number of aliphatic carboxylic acids is 1. The summed E-state index contributed by atoms with van der Waals surface area (Å²) in [5.74, 6) is -1.80. The topological polar surface area (TPSA) is 102 Å². The van der Waals surface area contributed by atoms with Crippen LogP contribution in [0.1, 0.15) is 33.0 Å². The molecule has 0 unspecified atom stereocenters. The first-order chi connectivity index (χ1) is 17.0. The van der Waals surface area contributed by atoms with Crippen molar-refractivity contribution < 1.29 is 29.0 Å². The lowest BCUT2D eigenvalue weighted by molar-refractivity contribution is -0.139. The van der Waals surface area contributed by atoms with Gasteiger partial charge in [-0.1, -0.05) is 73.3 Å². The van der Waals surface area contributed by atoms with Gasteiger partial charge >= 0.3 is 18.0 Å². The molecule has 3 aromatic carbocycles. The van der Waals surface area contributed by atoms with E-state index < -0.39 is 24.1 Å². The SMILES string of the molecule is C=CCOC(=O)c1ccc(C[C@@H](NC(=O)OCC2c3ccccc3-c3ccccc32)C(=O)O)cc1. The molecule has 7 nitrogen and oxygen atoms in total. The van der Waals surface area contributed by atoms with Crippen molar-refractivity contribution in [2.45, 2.75) is 18.4 Å². The molecule has 0 fully saturated rings. The van der Waals surface area contributed by atoms with Crippen LogP contribution < -0.4 is 5.32 Å². The number of carbonyl (C=O) groups is 3. The number of hydrogen-bond donors (Lipinski definition) is 2. The van der Waals surface area contributed by atoms with Gasteiger partial charge in [0.05, 0.1) is 5.56 Å². The first kappa shape index (κ1) is 23.8. The highest BCUT2D eigenvalue weighted by atomic mass is 16.5. The van der Waals surface area contributed by atoms with Crippen molar-refractivity contribution in [2.24, 2.45) is 0 Å². The largest absolute Gasteiger partial charge is 0.480 e. The lowest BCUT2D eigenvalue weighted by Crippen LogP contribution is -2.42. The van der Waals surface area contributed by atoms with E-state index >= 15 is 0 Å². The van der Waals surface area contributed by atoms with Crippen LogP contribution in [0.4, 0.5) is 4.79 Å². The highest BCUT2D eigenvalue weighted by Crippen LogP contribution is 2.44. The Morgan fingerprint density at radius 3 is 2.09 bits per heavy atom. The van der Waals surface area contributed by atoms with Gasteiger partial charge in [0, 0.05) is 12.3 Å². The Kier molecular flexibility index (Phi) is 7.26. The summed E-state index contributed by atoms with van der Waals surface area (Å²) in [5, 5.41) is 12.0. The summed E-state index contributed by atoms with van der Waals surface area (Å²) in [6, 6.07) is 21.1. The fourth-order valence-electron chi connectivity index (χ4n) is 4.21. The minimum atomic E-state index is -1.19. The number of amides is 1. The molecule has 0 aromatic heterocycles. The molecule has 0 aliphatic heterocycles. The van der Waals surface area contributed by atoms with E-state index in [9.17, 15) is 19.5 Å². The Bertz CT molecular complexity index is 1200. The summed E-state index contributed by atoms with van der Waals surface area (Å²) in [6.45, 7) is 3.69. The lowest BCUT2D eigenvalue weighted by Gasteiger charge is -2.17. The molecule has 1 amide bonds. The molecule has 0 bridgehead atoms. The van der Waals surface area contributed by atoms with Crippen LogP contribution in [-0.4, -0.2) is 42.4 Å². The number of alkyl carbamates (subject to hydrolysis) is 1. The zero-order chi connectivity index (χ0) is 24.8. The van der Waals surface area contributed by atoms with Crippen LogP contribution in [0.15, 0.2) is 85.5 Å². The smallest absolute Gasteiger partial charge is 0.407 e. The molecule has 0 heterocycles. The molecular formula is C28H25NO6. The van der Waals surface area contributed by atoms with Gasteiger partial charge in [-0.05, 0) is 39.9 Å². The van der Waals surface area contributed by atoms with Crippen LogP contribution in [0.25, 0.3) is 11.1 Å². The van der Waals surface area contributed by atoms with Gasteiger partial charge in [-0.15, -0.1) is 0 Å². The van der Waals surface area contributed by atoms with Gasteiger partial charge < -0.3 is 19.9 Å². The maximum absolute atomic E-state index is 12.5. The number of benzene rings is 3. The number of carboxylic acids is 1. The van der Waals surface area contributed by atoms with Gasteiger partial charge in [0.15, 0.2) is 0 Å². The van der Waals surface area contributed by atoms with Gasteiger partial charge in [0.2, 0.25) is 0 Å². The molecular weight excluding hydrogens is 446 g/mol. The summed E-state index contributed by atoms with van der Waals surface area (Å²) < 4.78 is 10.4. The molecule has 0 spiro atoms. The van der Waals surface area contributed by atoms with E-state index in [0.29, 0.717) is 11.1 Å². The minimum Gasteiger partial charge on any atom is -0.480 e. The number of ether oxygens (including phenoxy) is 2. The van der Waals surface area contributed by atoms with Gasteiger partial charge in [-0.2, -0.15) is 0 Å². The van der Waals surface area contributed by atoms with E-state index in [-0.39, 0.29) is 25.6 Å². The van der Waals surface area contributed by atoms with Gasteiger partial charge in [0.1, 0.15) is 19.3 Å². The lowest BCUT2D eigenvalue weighted by atomic mass is 9.98. The Balaban J connectivity index is 1.37. The van der Waals surface area contributed by atoms with Crippen molar-refractivity contribution in [1.29, 1.82) is 0 Å². The Morgan fingerprint density at radius 1 is 0.914 bits per heavy atom. The number of nitrogens with one attached hydrogen (secondary N) is 1. The van der Waals surface area contributed by atoms with Crippen molar-refractivity contribution in [3.63, 3.8) is 0 Å². The second-order valence-corrected chi connectivity index (χ2v) is 8.15. The average Bonchev–Trinajstić information content (AvgIpc) is 3.19. The molecule has 2 N–H and O–H groups in total. The molecule has 178 valence electrons. The summed E-state index contributed by atoms with van der Waals surface area (Å²) >= 11 is 0. The zero-order valence-corrected chi connectivity index (χ0v) is 19.0. The molecule has 1 atom stereocenters. The van der Waals surface area contributed by atoms with E-state index in [1.165, 1.54) is 6.08 Å². The summed E-state index contributed by atoms with van der Waals surface area (Å²) in [4.78, 5) is 36.2. The highest BCUT2D eigenvalue weighted by molar-refractivity contribution is 5.89. The van der Waals surface area contributed by atoms with Crippen LogP contribution in [0.2, 0.25) is 0 Å². The van der Waals surface area contributed by atoms with Gasteiger partial charge in [-0.3, -0.25) is 0 Å². The number of rotatable bonds is 9. The number of hydrogen-bond acceptors (Lipinski definition) is 5. The Morgan fingerprint density at radius 2 is 1.51 bits per heavy atom. The molecule has 0 saturated heterocycles. The predicted molar refractivity (Wildman–Crippen MR) is 130 cm³/mol. The quantitative estimate of drug-likeness (QED) is 0.350. The molecule has 3 aromatic rings. The van der Waals surface area contributed by atoms with E-state index in [1.807, 2.05) is 48.5 Å². The molecule has 7 heteroatoms.